The van der Waals surface area contributed by atoms with Gasteiger partial charge in [0, 0.05) is 53.1 Å². The van der Waals surface area contributed by atoms with Gasteiger partial charge in [-0.3, -0.25) is 55.1 Å². The number of amides is 3. The molecule has 47 nitrogen and oxygen atoms in total. The Balaban J connectivity index is 1.67. The molecule has 0 aliphatic carbocycles. The monoisotopic (exact) mass is 1710 g/mol. The predicted molar refractivity (Wildman–Crippen MR) is 367 cm³/mol. The first-order valence-corrected chi connectivity index (χ1v) is 42.6. The van der Waals surface area contributed by atoms with Crippen molar-refractivity contribution < 1.29 is 210 Å². The summed E-state index contributed by atoms with van der Waals surface area (Å²) < 4.78 is 169. The van der Waals surface area contributed by atoms with Gasteiger partial charge in [0.2, 0.25) is 17.7 Å². The van der Waals surface area contributed by atoms with Gasteiger partial charge in [-0.25, -0.2) is 22.8 Å². The fourth-order valence-electron chi connectivity index (χ4n) is 10.4. The van der Waals surface area contributed by atoms with E-state index in [4.69, 9.17) is 98.1 Å². The quantitative estimate of drug-likeness (QED) is 0.0165. The second-order valence-corrected chi connectivity index (χ2v) is 32.6. The van der Waals surface area contributed by atoms with Crippen LogP contribution < -0.4 is 16.0 Å². The van der Waals surface area contributed by atoms with Crippen LogP contribution in [0.1, 0.15) is 104 Å². The Morgan fingerprint density at radius 3 is 0.964 bits per heavy atom. The van der Waals surface area contributed by atoms with E-state index < -0.39 is 253 Å². The molecule has 0 saturated carbocycles. The maximum absolute atomic E-state index is 13.4. The summed E-state index contributed by atoms with van der Waals surface area (Å²) in [7, 11) is -24.6. The van der Waals surface area contributed by atoms with E-state index in [-0.39, 0.29) is 78.5 Å². The van der Waals surface area contributed by atoms with Crippen LogP contribution in [0.15, 0.2) is 0 Å². The van der Waals surface area contributed by atoms with E-state index in [0.29, 0.717) is 57.8 Å². The molecule has 3 aliphatic rings. The van der Waals surface area contributed by atoms with Crippen LogP contribution in [-0.2, 0) is 130 Å². The Kier molecular flexibility index (Phi) is 50.5. The van der Waals surface area contributed by atoms with Gasteiger partial charge in [0.15, 0.2) is 46.0 Å². The Bertz CT molecular complexity index is 2700. The van der Waals surface area contributed by atoms with Gasteiger partial charge in [0.05, 0.1) is 97.9 Å². The first kappa shape index (κ1) is 102. The number of carbonyl (C=O) groups is 3. The van der Waals surface area contributed by atoms with Gasteiger partial charge < -0.3 is 148 Å². The summed E-state index contributed by atoms with van der Waals surface area (Å²) in [5.41, 5.74) is -1.90. The molecule has 3 saturated heterocycles. The van der Waals surface area contributed by atoms with Gasteiger partial charge in [0.1, 0.15) is 73.1 Å². The number of ether oxygens (including phenoxy) is 11. The molecule has 20 atom stereocenters. The van der Waals surface area contributed by atoms with Crippen molar-refractivity contribution in [1.82, 2.24) is 16.0 Å². The maximum atomic E-state index is 13.4. The number of aliphatic hydroxyl groups excluding tert-OH is 10. The summed E-state index contributed by atoms with van der Waals surface area (Å²) in [5, 5.41) is 108. The SMILES string of the molecule is CC(=O)NC1C(OCCCCCCOP(=O)(O)OCCCOCC(COCOP(=O)(O)OCCCCCCOC2OC(CO)C(O)C(O)C2NC(C)=O)(COCOP(=O)(O)OCCCCCCOC2OC(CO)C(O)C(O)C2NC(C)=O)COP(=O)(O)OCOCC(CO)COCOP(=O)(O)O)OC(CO)C(O)C1O. The average molecular weight is 1710 g/mol. The highest BCUT2D eigenvalue weighted by Crippen LogP contribution is 2.47. The maximum Gasteiger partial charge on any atom is 0.474 e. The molecule has 3 rings (SSSR count). The third-order valence-electron chi connectivity index (χ3n) is 16.1. The molecule has 3 aliphatic heterocycles. The van der Waals surface area contributed by atoms with Crippen molar-refractivity contribution in [3.8, 4) is 0 Å². The van der Waals surface area contributed by atoms with E-state index in [1.165, 1.54) is 20.8 Å². The van der Waals surface area contributed by atoms with Gasteiger partial charge in [-0.05, 0) is 44.9 Å². The molecule has 19 N–H and O–H groups in total. The van der Waals surface area contributed by atoms with Crippen LogP contribution in [0.2, 0.25) is 0 Å². The Hall–Kier alpha value is -1.88. The van der Waals surface area contributed by atoms with Crippen LogP contribution in [0, 0.1) is 11.3 Å². The first-order chi connectivity index (χ1) is 51.9. The van der Waals surface area contributed by atoms with Crippen molar-refractivity contribution in [2.45, 2.75) is 196 Å². The van der Waals surface area contributed by atoms with Gasteiger partial charge in [-0.1, -0.05) is 38.5 Å². The van der Waals surface area contributed by atoms with Crippen LogP contribution in [0.4, 0.5) is 0 Å². The zero-order valence-electron chi connectivity index (χ0n) is 61.3. The minimum atomic E-state index is -5.24. The number of carbonyl (C=O) groups excluding carboxylic acids is 3. The van der Waals surface area contributed by atoms with Crippen LogP contribution in [0.3, 0.4) is 0 Å². The molecule has 0 bridgehead atoms. The number of aliphatic hydroxyl groups is 10. The molecule has 0 spiro atoms. The van der Waals surface area contributed by atoms with Crippen molar-refractivity contribution >= 4 is 56.8 Å². The third-order valence-corrected chi connectivity index (χ3v) is 20.3. The molecule has 3 amide bonds. The van der Waals surface area contributed by atoms with E-state index in [1.54, 1.807) is 0 Å². The van der Waals surface area contributed by atoms with Gasteiger partial charge >= 0.3 is 39.1 Å². The van der Waals surface area contributed by atoms with Crippen molar-refractivity contribution in [3.63, 3.8) is 0 Å². The number of rotatable bonds is 64. The highest BCUT2D eigenvalue weighted by Gasteiger charge is 2.48. The van der Waals surface area contributed by atoms with Crippen molar-refractivity contribution in [2.75, 3.05) is 146 Å². The molecule has 0 aromatic heterocycles. The Morgan fingerprint density at radius 2 is 0.645 bits per heavy atom. The average Bonchev–Trinajstić information content (AvgIpc) is 0.819. The number of hydrogen-bond donors (Lipinski definition) is 19. The zero-order valence-corrected chi connectivity index (χ0v) is 65.8. The largest absolute Gasteiger partial charge is 0.474 e. The highest BCUT2D eigenvalue weighted by molar-refractivity contribution is 7.48. The van der Waals surface area contributed by atoms with E-state index in [1.807, 2.05) is 0 Å². The summed E-state index contributed by atoms with van der Waals surface area (Å²) in [6.45, 7) is -8.46. The topological polar surface area (TPSA) is 681 Å². The van der Waals surface area contributed by atoms with E-state index >= 15 is 0 Å². The number of phosphoric ester groups is 5. The van der Waals surface area contributed by atoms with Crippen LogP contribution in [-0.4, -0.2) is 336 Å². The van der Waals surface area contributed by atoms with Gasteiger partial charge in [0.25, 0.3) is 0 Å². The lowest BCUT2D eigenvalue weighted by atomic mass is 9.92. The van der Waals surface area contributed by atoms with Crippen LogP contribution in [0.5, 0.6) is 0 Å². The van der Waals surface area contributed by atoms with E-state index in [2.05, 4.69) is 20.5 Å². The second kappa shape index (κ2) is 54.2. The Labute approximate surface area is 634 Å². The minimum absolute atomic E-state index is 0.0292. The van der Waals surface area contributed by atoms with Crippen molar-refractivity contribution in [2.24, 2.45) is 11.3 Å². The molecule has 650 valence electrons. The predicted octanol–water partition coefficient (Wildman–Crippen LogP) is -2.91. The standard InChI is InChI=1S/C58H114N3O44P5/c1-39(66)59-46-52(72)49(69)43(26-63)103-55(46)91-18-10-4-7-13-21-94-107(78,79)97-24-16-17-86-31-58(34-98-110(84,85)100-36-88-30-42(25-62)29-87-35-99-106(75,76)77,32-89-37-101-108(80,81)95-22-14-8-5-11-19-92-56-47(60-40(2)67)53(73)50(70)44(27-64)104-56)33-90-38-102-109(82,83)96-23-15-9-6-12-20-93-57-48(61-41(3)68)54(74)51(71)45(28-65)105-57/h42-57,62-65,69-74H,4-38H2,1-3H3,(H,59,66)(H,60,67)(H,61,68)(H,78,79)(H,80,81)(H,82,83)(H,84,85)(H2,75,76,77). The minimum Gasteiger partial charge on any atom is -0.396 e. The fourth-order valence-corrected chi connectivity index (χ4v) is 13.4. The van der Waals surface area contributed by atoms with Gasteiger partial charge in [-0.15, -0.1) is 0 Å². The molecular weight excluding hydrogens is 1600 g/mol. The molecule has 110 heavy (non-hydrogen) atoms. The first-order valence-electron chi connectivity index (χ1n) is 35.1. The number of unbranched alkanes of at least 4 members (excludes halogenated alkanes) is 9. The van der Waals surface area contributed by atoms with Crippen LogP contribution in [0.25, 0.3) is 0 Å². The summed E-state index contributed by atoms with van der Waals surface area (Å²) >= 11 is 0. The summed E-state index contributed by atoms with van der Waals surface area (Å²) in [6, 6.07) is -3.45. The smallest absolute Gasteiger partial charge is 0.396 e. The highest BCUT2D eigenvalue weighted by atomic mass is 31.2. The number of hydrogen-bond acceptors (Lipinski definition) is 38. The van der Waals surface area contributed by atoms with E-state index in [9.17, 15) is 108 Å². The summed E-state index contributed by atoms with van der Waals surface area (Å²) in [4.78, 5) is 95.4. The number of nitrogens with one attached hydrogen (secondary N) is 3. The lowest BCUT2D eigenvalue weighted by molar-refractivity contribution is -0.270. The molecular formula is C58H114N3O44P5. The summed E-state index contributed by atoms with van der Waals surface area (Å²) in [6.07, 6.45) is -11.9. The molecule has 0 aromatic carbocycles. The molecule has 0 radical (unpaired) electrons. The molecule has 0 aromatic rings. The number of phosphoric acid groups is 5. The van der Waals surface area contributed by atoms with Crippen LogP contribution >= 0.6 is 39.1 Å². The van der Waals surface area contributed by atoms with Crippen molar-refractivity contribution in [1.29, 1.82) is 0 Å². The molecule has 52 heteroatoms. The molecule has 20 unspecified atom stereocenters. The lowest BCUT2D eigenvalue weighted by Crippen LogP contribution is -2.64. The molecule has 3 fully saturated rings. The normalized spacial score (nSPS) is 27.7. The van der Waals surface area contributed by atoms with Crippen molar-refractivity contribution in [3.05, 3.63) is 0 Å². The fraction of sp³-hybridized carbons (Fsp3) is 0.948. The Morgan fingerprint density at radius 1 is 0.355 bits per heavy atom. The lowest BCUT2D eigenvalue weighted by Gasteiger charge is -2.42. The summed E-state index contributed by atoms with van der Waals surface area (Å²) in [5.74, 6) is -2.51. The molecule has 3 heterocycles. The van der Waals surface area contributed by atoms with E-state index in [0.717, 1.165) is 0 Å². The third kappa shape index (κ3) is 42.5. The van der Waals surface area contributed by atoms with Gasteiger partial charge in [-0.2, -0.15) is 0 Å². The second-order valence-electron chi connectivity index (χ2n) is 25.5. The zero-order chi connectivity index (χ0) is 82.0.